The minimum absolute atomic E-state index is 0.0283. The van der Waals surface area contributed by atoms with Gasteiger partial charge in [0.2, 0.25) is 0 Å². The minimum Gasteiger partial charge on any atom is -0.508 e. The molecule has 2 aromatic heterocycles. The van der Waals surface area contributed by atoms with Gasteiger partial charge in [0.05, 0.1) is 62.0 Å². The fourth-order valence-corrected chi connectivity index (χ4v) is 10.3. The Morgan fingerprint density at radius 2 is 0.957 bits per heavy atom. The molecule has 0 spiro atoms. The summed E-state index contributed by atoms with van der Waals surface area (Å²) in [6, 6.07) is 36.3. The van der Waals surface area contributed by atoms with Crippen molar-refractivity contribution in [3.05, 3.63) is 143 Å². The molecule has 12 heteroatoms. The van der Waals surface area contributed by atoms with Crippen molar-refractivity contribution in [2.24, 2.45) is 0 Å². The first-order valence-electron chi connectivity index (χ1n) is 23.8. The Morgan fingerprint density at radius 3 is 1.38 bits per heavy atom. The Labute approximate surface area is 402 Å². The second-order valence-electron chi connectivity index (χ2n) is 17.8. The Kier molecular flexibility index (Phi) is 15.5. The molecular weight excluding hydrogens is 873 g/mol. The first-order valence-corrected chi connectivity index (χ1v) is 23.8. The van der Waals surface area contributed by atoms with Crippen molar-refractivity contribution in [1.82, 2.24) is 9.13 Å². The van der Waals surface area contributed by atoms with E-state index in [4.69, 9.17) is 23.7 Å². The van der Waals surface area contributed by atoms with Crippen LogP contribution in [0.15, 0.2) is 115 Å². The number of aromatic hydroxyl groups is 1. The lowest BCUT2D eigenvalue weighted by atomic mass is 9.82. The molecule has 1 N–H and O–H groups in total. The number of carbonyl (C=O) groups excluding carboxylic acids is 4. The number of ether oxygens (including phenoxy) is 5. The molecule has 5 aromatic carbocycles. The smallest absolute Gasteiger partial charge is 0.337 e. The Morgan fingerprint density at radius 1 is 0.522 bits per heavy atom. The number of fused-ring (bicyclic) bond motifs is 2. The monoisotopic (exact) mass is 932 g/mol. The van der Waals surface area contributed by atoms with E-state index in [1.807, 2.05) is 88.0 Å². The molecule has 358 valence electrons. The average molecular weight is 933 g/mol. The maximum atomic E-state index is 12.6. The van der Waals surface area contributed by atoms with Crippen LogP contribution in [-0.4, -0.2) is 66.6 Å². The van der Waals surface area contributed by atoms with E-state index in [0.29, 0.717) is 29.6 Å². The molecule has 2 aliphatic carbocycles. The summed E-state index contributed by atoms with van der Waals surface area (Å²) < 4.78 is 29.9. The molecule has 0 saturated heterocycles. The number of carbonyl (C=O) groups is 4. The summed E-state index contributed by atoms with van der Waals surface area (Å²) in [6.07, 6.45) is 11.5. The van der Waals surface area contributed by atoms with Crippen molar-refractivity contribution in [3.8, 4) is 34.0 Å². The highest BCUT2D eigenvalue weighted by molar-refractivity contribution is 6.00. The molecule has 2 fully saturated rings. The average Bonchev–Trinajstić information content (AvgIpc) is 3.89. The first kappa shape index (κ1) is 48.1. The van der Waals surface area contributed by atoms with Gasteiger partial charge < -0.3 is 37.9 Å². The third kappa shape index (κ3) is 10.7. The van der Waals surface area contributed by atoms with Crippen LogP contribution in [-0.2, 0) is 48.2 Å². The van der Waals surface area contributed by atoms with E-state index in [0.717, 1.165) is 81.3 Å². The summed E-state index contributed by atoms with van der Waals surface area (Å²) in [7, 11) is 5.50. The van der Waals surface area contributed by atoms with Crippen molar-refractivity contribution in [3.63, 3.8) is 0 Å². The van der Waals surface area contributed by atoms with E-state index < -0.39 is 11.9 Å². The van der Waals surface area contributed by atoms with Crippen LogP contribution in [0.5, 0.6) is 11.5 Å². The summed E-state index contributed by atoms with van der Waals surface area (Å²) >= 11 is 0. The lowest BCUT2D eigenvalue weighted by Crippen LogP contribution is -2.13. The van der Waals surface area contributed by atoms with E-state index in [1.165, 1.54) is 78.1 Å². The predicted molar refractivity (Wildman–Crippen MR) is 266 cm³/mol. The third-order valence-electron chi connectivity index (χ3n) is 13.6. The van der Waals surface area contributed by atoms with Crippen molar-refractivity contribution >= 4 is 45.7 Å². The van der Waals surface area contributed by atoms with Gasteiger partial charge in [-0.3, -0.25) is 9.59 Å². The molecule has 2 heterocycles. The largest absolute Gasteiger partial charge is 0.508 e. The van der Waals surface area contributed by atoms with Crippen LogP contribution in [0.4, 0.5) is 0 Å². The number of methoxy groups -OCH3 is 4. The van der Waals surface area contributed by atoms with Crippen molar-refractivity contribution in [2.75, 3.05) is 28.4 Å². The highest BCUT2D eigenvalue weighted by Gasteiger charge is 2.30. The maximum Gasteiger partial charge on any atom is 0.337 e. The van der Waals surface area contributed by atoms with Crippen LogP contribution in [0, 0.1) is 0 Å². The van der Waals surface area contributed by atoms with Gasteiger partial charge in [-0.2, -0.15) is 0 Å². The van der Waals surface area contributed by atoms with Gasteiger partial charge in [0.15, 0.2) is 0 Å². The van der Waals surface area contributed by atoms with Gasteiger partial charge in [-0.05, 0) is 138 Å². The van der Waals surface area contributed by atoms with E-state index in [1.54, 1.807) is 24.3 Å². The maximum absolute atomic E-state index is 12.6. The highest BCUT2D eigenvalue weighted by Crippen LogP contribution is 2.46. The number of benzene rings is 5. The molecular formula is C57H60N2O10. The van der Waals surface area contributed by atoms with Crippen LogP contribution >= 0.6 is 0 Å². The van der Waals surface area contributed by atoms with Gasteiger partial charge in [-0.25, -0.2) is 9.59 Å². The van der Waals surface area contributed by atoms with Crippen LogP contribution in [0.25, 0.3) is 44.3 Å². The number of hydrogen-bond donors (Lipinski definition) is 1. The van der Waals surface area contributed by atoms with Gasteiger partial charge in [-0.15, -0.1) is 0 Å². The molecule has 9 rings (SSSR count). The second kappa shape index (κ2) is 22.2. The molecule has 0 bridgehead atoms. The Bertz CT molecular complexity index is 2920. The Hall–Kier alpha value is -7.34. The van der Waals surface area contributed by atoms with Gasteiger partial charge in [-0.1, -0.05) is 81.0 Å². The standard InChI is InChI=1S/C32H33NO5.C25H27NO5/c1-36-29(34)20-33-28-19-25(32(35)37-2)15-18-27(28)30(23-11-7-4-8-12-23)31(33)24-13-16-26(17-14-24)38-21-22-9-5-3-6-10-22;1-30-22(28)15-26-21-14-18(25(29)31-2)10-13-20(21)23(16-6-4-3-5-7-16)24(26)17-8-11-19(27)12-9-17/h3,5-6,9-10,13-19,23H,4,7-8,11-12,20-21H2,1-2H3;8-14,16,27H,3-7,15H2,1-2H3. The zero-order valence-corrected chi connectivity index (χ0v) is 39.8. The lowest BCUT2D eigenvalue weighted by molar-refractivity contribution is -0.142. The number of phenolic OH excluding ortho intramolecular Hbond substituents is 1. The fraction of sp³-hybridized carbons (Fsp3) is 0.333. The van der Waals surface area contributed by atoms with E-state index in [2.05, 4.69) is 12.1 Å². The zero-order chi connectivity index (χ0) is 48.4. The molecule has 2 aliphatic rings. The fourth-order valence-electron chi connectivity index (χ4n) is 10.3. The van der Waals surface area contributed by atoms with Crippen LogP contribution in [0.2, 0.25) is 0 Å². The van der Waals surface area contributed by atoms with Gasteiger partial charge >= 0.3 is 23.9 Å². The molecule has 2 saturated carbocycles. The van der Waals surface area contributed by atoms with Gasteiger partial charge in [0.1, 0.15) is 31.2 Å². The number of rotatable bonds is 13. The second-order valence-corrected chi connectivity index (χ2v) is 17.8. The number of esters is 4. The summed E-state index contributed by atoms with van der Waals surface area (Å²) in [5.74, 6) is 0.171. The topological polar surface area (TPSA) is 145 Å². The highest BCUT2D eigenvalue weighted by atomic mass is 16.5. The number of nitrogens with zero attached hydrogens (tertiary/aromatic N) is 2. The summed E-state index contributed by atoms with van der Waals surface area (Å²) in [4.78, 5) is 49.5. The molecule has 0 aliphatic heterocycles. The molecule has 69 heavy (non-hydrogen) atoms. The van der Waals surface area contributed by atoms with Crippen molar-refractivity contribution < 1.29 is 48.0 Å². The van der Waals surface area contributed by atoms with Crippen molar-refractivity contribution in [1.29, 1.82) is 0 Å². The zero-order valence-electron chi connectivity index (χ0n) is 39.8. The first-order chi connectivity index (χ1) is 33.6. The summed E-state index contributed by atoms with van der Waals surface area (Å²) in [5, 5.41) is 11.9. The minimum atomic E-state index is -0.418. The Balaban J connectivity index is 0.000000190. The van der Waals surface area contributed by atoms with Crippen molar-refractivity contribution in [2.45, 2.75) is 95.7 Å². The van der Waals surface area contributed by atoms with E-state index in [-0.39, 0.29) is 30.8 Å². The molecule has 0 atom stereocenters. The van der Waals surface area contributed by atoms with Crippen LogP contribution in [0.3, 0.4) is 0 Å². The van der Waals surface area contributed by atoms with Gasteiger partial charge in [0, 0.05) is 10.8 Å². The molecule has 7 aromatic rings. The number of phenols is 1. The van der Waals surface area contributed by atoms with Crippen LogP contribution in [0.1, 0.15) is 113 Å². The van der Waals surface area contributed by atoms with Crippen LogP contribution < -0.4 is 4.74 Å². The van der Waals surface area contributed by atoms with Gasteiger partial charge in [0.25, 0.3) is 0 Å². The summed E-state index contributed by atoms with van der Waals surface area (Å²) in [5.41, 5.74) is 9.91. The SMILES string of the molecule is COC(=O)Cn1c(-c2ccc(O)cc2)c(C2CCCCC2)c2ccc(C(=O)OC)cc21.COC(=O)Cn1c(-c2ccc(OCc3ccccc3)cc2)c(C2CCCCC2)c2ccc(C(=O)OC)cc21. The predicted octanol–water partition coefficient (Wildman–Crippen LogP) is 11.9. The molecule has 12 nitrogen and oxygen atoms in total. The third-order valence-corrected chi connectivity index (χ3v) is 13.6. The summed E-state index contributed by atoms with van der Waals surface area (Å²) in [6.45, 7) is 0.568. The van der Waals surface area contributed by atoms with E-state index >= 15 is 0 Å². The van der Waals surface area contributed by atoms with E-state index in [9.17, 15) is 24.3 Å². The molecule has 0 amide bonds. The number of hydrogen-bond acceptors (Lipinski definition) is 10. The number of aromatic nitrogens is 2. The normalized spacial score (nSPS) is 14.1. The lowest BCUT2D eigenvalue weighted by Gasteiger charge is -2.23. The molecule has 0 unspecified atom stereocenters. The quantitative estimate of drug-likeness (QED) is 0.0876. The molecule has 0 radical (unpaired) electrons.